The largest absolute Gasteiger partial charge is 0.350 e. The molecule has 0 saturated heterocycles. The van der Waals surface area contributed by atoms with Crippen molar-refractivity contribution in [2.45, 2.75) is 52.6 Å². The molecule has 7 nitrogen and oxygen atoms in total. The molecule has 0 aromatic heterocycles. The highest BCUT2D eigenvalue weighted by Gasteiger charge is 2.31. The molecule has 0 bridgehead atoms. The van der Waals surface area contributed by atoms with E-state index in [2.05, 4.69) is 5.32 Å². The molecule has 8 heteroatoms. The van der Waals surface area contributed by atoms with Gasteiger partial charge in [0.05, 0.1) is 11.9 Å². The molecule has 1 atom stereocenters. The Labute approximate surface area is 197 Å². The molecule has 0 heterocycles. The second kappa shape index (κ2) is 10.8. The summed E-state index contributed by atoms with van der Waals surface area (Å²) in [4.78, 5) is 27.8. The lowest BCUT2D eigenvalue weighted by atomic mass is 10.1. The van der Waals surface area contributed by atoms with Crippen LogP contribution in [0, 0.1) is 6.92 Å². The van der Waals surface area contributed by atoms with Gasteiger partial charge in [-0.05, 0) is 64.3 Å². The Hall–Kier alpha value is -2.87. The summed E-state index contributed by atoms with van der Waals surface area (Å²) in [5.74, 6) is -0.722. The Morgan fingerprint density at radius 1 is 1.03 bits per heavy atom. The highest BCUT2D eigenvalue weighted by Crippen LogP contribution is 2.20. The van der Waals surface area contributed by atoms with Gasteiger partial charge in [0.2, 0.25) is 21.8 Å². The van der Waals surface area contributed by atoms with Crippen LogP contribution in [0.5, 0.6) is 0 Å². The van der Waals surface area contributed by atoms with Gasteiger partial charge in [-0.3, -0.25) is 13.9 Å². The molecule has 0 spiro atoms. The number of aryl methyl sites for hydroxylation is 1. The smallest absolute Gasteiger partial charge is 0.244 e. The number of carbonyl (C=O) groups is 2. The van der Waals surface area contributed by atoms with Crippen molar-refractivity contribution in [2.75, 3.05) is 23.7 Å². The van der Waals surface area contributed by atoms with Gasteiger partial charge < -0.3 is 10.2 Å². The van der Waals surface area contributed by atoms with Crippen molar-refractivity contribution in [3.8, 4) is 0 Å². The quantitative estimate of drug-likeness (QED) is 0.606. The van der Waals surface area contributed by atoms with E-state index in [9.17, 15) is 18.0 Å². The van der Waals surface area contributed by atoms with E-state index < -0.39 is 27.5 Å². The zero-order valence-electron chi connectivity index (χ0n) is 20.3. The van der Waals surface area contributed by atoms with Crippen LogP contribution in [0.15, 0.2) is 54.6 Å². The van der Waals surface area contributed by atoms with Gasteiger partial charge in [0.15, 0.2) is 0 Å². The molecule has 0 aliphatic rings. The van der Waals surface area contributed by atoms with Crippen LogP contribution in [-0.4, -0.2) is 56.1 Å². The van der Waals surface area contributed by atoms with E-state index in [-0.39, 0.29) is 19.0 Å². The fourth-order valence-electron chi connectivity index (χ4n) is 3.44. The van der Waals surface area contributed by atoms with Gasteiger partial charge in [0.25, 0.3) is 0 Å². The summed E-state index contributed by atoms with van der Waals surface area (Å²) in [6.07, 6.45) is 1.62. The first-order valence-electron chi connectivity index (χ1n) is 11.0. The predicted octanol–water partition coefficient (Wildman–Crippen LogP) is 3.14. The van der Waals surface area contributed by atoms with Crippen LogP contribution in [0.4, 0.5) is 5.69 Å². The number of anilines is 1. The van der Waals surface area contributed by atoms with E-state index in [4.69, 9.17) is 0 Å². The number of hydrogen-bond acceptors (Lipinski definition) is 4. The molecule has 0 aliphatic carbocycles. The van der Waals surface area contributed by atoms with Crippen molar-refractivity contribution < 1.29 is 18.0 Å². The third kappa shape index (κ3) is 8.20. The monoisotopic (exact) mass is 473 g/mol. The maximum atomic E-state index is 13.4. The Bertz CT molecular complexity index is 1060. The van der Waals surface area contributed by atoms with E-state index >= 15 is 0 Å². The lowest BCUT2D eigenvalue weighted by Crippen LogP contribution is -2.55. The first-order valence-corrected chi connectivity index (χ1v) is 12.8. The maximum absolute atomic E-state index is 13.4. The summed E-state index contributed by atoms with van der Waals surface area (Å²) in [5, 5.41) is 2.91. The topological polar surface area (TPSA) is 86.8 Å². The standard InChI is InChI=1S/C25H35N3O4S/c1-19-11-10-14-22(17-19)28(33(6,31)32)18-23(29)27(16-15-21-12-8-7-9-13-21)20(2)24(30)26-25(3,4)5/h7-14,17,20H,15-16,18H2,1-6H3,(H,26,30). The summed E-state index contributed by atoms with van der Waals surface area (Å²) in [5.41, 5.74) is 1.87. The molecular formula is C25H35N3O4S. The average molecular weight is 474 g/mol. The van der Waals surface area contributed by atoms with E-state index in [0.29, 0.717) is 12.1 Å². The highest BCUT2D eigenvalue weighted by molar-refractivity contribution is 7.92. The zero-order chi connectivity index (χ0) is 24.8. The fraction of sp³-hybridized carbons (Fsp3) is 0.440. The molecule has 180 valence electrons. The number of nitrogens with zero attached hydrogens (tertiary/aromatic N) is 2. The van der Waals surface area contributed by atoms with Gasteiger partial charge in [-0.1, -0.05) is 42.5 Å². The van der Waals surface area contributed by atoms with Gasteiger partial charge in [0.1, 0.15) is 12.6 Å². The van der Waals surface area contributed by atoms with Crippen LogP contribution in [0.1, 0.15) is 38.8 Å². The molecule has 2 aromatic carbocycles. The number of sulfonamides is 1. The minimum Gasteiger partial charge on any atom is -0.350 e. The van der Waals surface area contributed by atoms with Crippen LogP contribution in [0.3, 0.4) is 0 Å². The molecule has 0 aliphatic heterocycles. The van der Waals surface area contributed by atoms with Crippen LogP contribution in [0.2, 0.25) is 0 Å². The molecule has 0 radical (unpaired) electrons. The molecule has 2 rings (SSSR count). The Kier molecular flexibility index (Phi) is 8.66. The molecule has 33 heavy (non-hydrogen) atoms. The van der Waals surface area contributed by atoms with E-state index in [1.54, 1.807) is 25.1 Å². The second-order valence-corrected chi connectivity index (χ2v) is 11.3. The van der Waals surface area contributed by atoms with Crippen molar-refractivity contribution in [1.82, 2.24) is 10.2 Å². The van der Waals surface area contributed by atoms with Gasteiger partial charge >= 0.3 is 0 Å². The number of rotatable bonds is 9. The summed E-state index contributed by atoms with van der Waals surface area (Å²) in [6, 6.07) is 15.9. The maximum Gasteiger partial charge on any atom is 0.244 e. The van der Waals surface area contributed by atoms with Gasteiger partial charge in [-0.2, -0.15) is 0 Å². The summed E-state index contributed by atoms with van der Waals surface area (Å²) < 4.78 is 26.2. The zero-order valence-corrected chi connectivity index (χ0v) is 21.1. The first kappa shape index (κ1) is 26.4. The number of amides is 2. The number of nitrogens with one attached hydrogen (secondary N) is 1. The number of carbonyl (C=O) groups excluding carboxylic acids is 2. The van der Waals surface area contributed by atoms with Crippen LogP contribution in [-0.2, 0) is 26.0 Å². The van der Waals surface area contributed by atoms with Gasteiger partial charge in [-0.15, -0.1) is 0 Å². The Morgan fingerprint density at radius 2 is 1.67 bits per heavy atom. The highest BCUT2D eigenvalue weighted by atomic mass is 32.2. The minimum absolute atomic E-state index is 0.285. The summed E-state index contributed by atoms with van der Waals surface area (Å²) in [6.45, 7) is 9.04. The Balaban J connectivity index is 2.32. The molecule has 2 aromatic rings. The second-order valence-electron chi connectivity index (χ2n) is 9.35. The molecule has 0 saturated carbocycles. The minimum atomic E-state index is -3.72. The SMILES string of the molecule is Cc1cccc(N(CC(=O)N(CCc2ccccc2)C(C)C(=O)NC(C)(C)C)S(C)(=O)=O)c1. The van der Waals surface area contributed by atoms with Crippen molar-refractivity contribution in [3.05, 3.63) is 65.7 Å². The lowest BCUT2D eigenvalue weighted by molar-refractivity contribution is -0.139. The normalized spacial score (nSPS) is 12.7. The van der Waals surface area contributed by atoms with Gasteiger partial charge in [0, 0.05) is 12.1 Å². The number of hydrogen-bond donors (Lipinski definition) is 1. The average Bonchev–Trinajstić information content (AvgIpc) is 2.70. The number of benzene rings is 2. The molecule has 1 unspecified atom stereocenters. The van der Waals surface area contributed by atoms with Gasteiger partial charge in [-0.25, -0.2) is 8.42 Å². The predicted molar refractivity (Wildman–Crippen MR) is 133 cm³/mol. The molecule has 2 amide bonds. The van der Waals surface area contributed by atoms with E-state index in [0.717, 1.165) is 21.7 Å². The summed E-state index contributed by atoms with van der Waals surface area (Å²) in [7, 11) is -3.72. The van der Waals surface area contributed by atoms with Crippen molar-refractivity contribution in [3.63, 3.8) is 0 Å². The lowest BCUT2D eigenvalue weighted by Gasteiger charge is -2.33. The third-order valence-electron chi connectivity index (χ3n) is 5.12. The van der Waals surface area contributed by atoms with Crippen molar-refractivity contribution in [2.24, 2.45) is 0 Å². The first-order chi connectivity index (χ1) is 15.3. The molecule has 1 N–H and O–H groups in total. The van der Waals surface area contributed by atoms with Crippen LogP contribution >= 0.6 is 0 Å². The fourth-order valence-corrected chi connectivity index (χ4v) is 4.28. The summed E-state index contributed by atoms with van der Waals surface area (Å²) >= 11 is 0. The van der Waals surface area contributed by atoms with Crippen molar-refractivity contribution in [1.29, 1.82) is 0 Å². The Morgan fingerprint density at radius 3 is 2.21 bits per heavy atom. The van der Waals surface area contributed by atoms with E-state index in [1.807, 2.05) is 64.1 Å². The van der Waals surface area contributed by atoms with Crippen molar-refractivity contribution >= 4 is 27.5 Å². The van der Waals surface area contributed by atoms with Crippen LogP contribution in [0.25, 0.3) is 0 Å². The molecular weight excluding hydrogens is 438 g/mol. The molecule has 0 fully saturated rings. The van der Waals surface area contributed by atoms with E-state index in [1.165, 1.54) is 4.90 Å². The third-order valence-corrected chi connectivity index (χ3v) is 6.26. The van der Waals surface area contributed by atoms with Crippen LogP contribution < -0.4 is 9.62 Å².